The second-order valence-electron chi connectivity index (χ2n) is 6.22. The minimum absolute atomic E-state index is 0.110. The highest BCUT2D eigenvalue weighted by Crippen LogP contribution is 2.23. The molecular formula is C15H27N3O2. The minimum atomic E-state index is 0.110. The average molecular weight is 281 g/mol. The summed E-state index contributed by atoms with van der Waals surface area (Å²) in [6.45, 7) is 6.50. The van der Waals surface area contributed by atoms with E-state index in [9.17, 15) is 4.79 Å². The zero-order valence-electron chi connectivity index (χ0n) is 12.4. The van der Waals surface area contributed by atoms with Crippen molar-refractivity contribution in [2.24, 2.45) is 0 Å². The summed E-state index contributed by atoms with van der Waals surface area (Å²) in [5, 5.41) is 3.31. The van der Waals surface area contributed by atoms with E-state index in [-0.39, 0.29) is 6.04 Å². The van der Waals surface area contributed by atoms with Gasteiger partial charge in [0.15, 0.2) is 0 Å². The van der Waals surface area contributed by atoms with E-state index in [1.165, 1.54) is 12.8 Å². The van der Waals surface area contributed by atoms with Crippen molar-refractivity contribution in [1.29, 1.82) is 0 Å². The largest absolute Gasteiger partial charge is 0.377 e. The normalized spacial score (nSPS) is 32.5. The smallest absolute Gasteiger partial charge is 0.240 e. The van der Waals surface area contributed by atoms with Crippen LogP contribution in [0, 0.1) is 0 Å². The van der Waals surface area contributed by atoms with Crippen molar-refractivity contribution in [3.8, 4) is 0 Å². The Morgan fingerprint density at radius 1 is 1.10 bits per heavy atom. The highest BCUT2D eigenvalue weighted by Gasteiger charge is 2.35. The van der Waals surface area contributed by atoms with E-state index in [0.717, 1.165) is 65.1 Å². The molecule has 0 aliphatic carbocycles. The third-order valence-electron chi connectivity index (χ3n) is 4.79. The number of nitrogens with one attached hydrogen (secondary N) is 1. The fourth-order valence-electron chi connectivity index (χ4n) is 3.63. The summed E-state index contributed by atoms with van der Waals surface area (Å²) >= 11 is 0. The molecule has 0 aromatic carbocycles. The standard InChI is InChI=1S/C15H27N3O2/c19-15(17-9-6-16-7-10-17)14-5-3-8-18(14)12-13-4-1-2-11-20-13/h13-14,16H,1-12H2. The Kier molecular flexibility index (Phi) is 4.91. The molecule has 0 saturated carbocycles. The zero-order chi connectivity index (χ0) is 13.8. The maximum Gasteiger partial charge on any atom is 0.240 e. The Hall–Kier alpha value is -0.650. The van der Waals surface area contributed by atoms with Gasteiger partial charge in [0.2, 0.25) is 5.91 Å². The molecule has 114 valence electrons. The Morgan fingerprint density at radius 2 is 1.95 bits per heavy atom. The predicted octanol–water partition coefficient (Wildman–Crippen LogP) is 0.452. The van der Waals surface area contributed by atoms with Crippen LogP contribution in [0.5, 0.6) is 0 Å². The number of likely N-dealkylation sites (tertiary alicyclic amines) is 1. The first-order chi connectivity index (χ1) is 9.84. The highest BCUT2D eigenvalue weighted by atomic mass is 16.5. The molecule has 0 radical (unpaired) electrons. The van der Waals surface area contributed by atoms with Gasteiger partial charge >= 0.3 is 0 Å². The van der Waals surface area contributed by atoms with Gasteiger partial charge in [0.1, 0.15) is 0 Å². The summed E-state index contributed by atoms with van der Waals surface area (Å²) in [4.78, 5) is 17.1. The number of rotatable bonds is 3. The summed E-state index contributed by atoms with van der Waals surface area (Å²) in [6.07, 6.45) is 6.14. The summed E-state index contributed by atoms with van der Waals surface area (Å²) in [5.74, 6) is 0.347. The Labute approximate surface area is 121 Å². The van der Waals surface area contributed by atoms with Crippen LogP contribution in [0.4, 0.5) is 0 Å². The molecule has 0 bridgehead atoms. The molecule has 5 heteroatoms. The van der Waals surface area contributed by atoms with E-state index in [1.54, 1.807) is 0 Å². The first-order valence-electron chi connectivity index (χ1n) is 8.20. The predicted molar refractivity (Wildman–Crippen MR) is 77.6 cm³/mol. The van der Waals surface area contributed by atoms with Gasteiger partial charge in [-0.25, -0.2) is 0 Å². The van der Waals surface area contributed by atoms with Crippen molar-refractivity contribution < 1.29 is 9.53 Å². The lowest BCUT2D eigenvalue weighted by atomic mass is 10.1. The van der Waals surface area contributed by atoms with Crippen molar-refractivity contribution in [1.82, 2.24) is 15.1 Å². The van der Waals surface area contributed by atoms with E-state index >= 15 is 0 Å². The molecule has 0 aromatic rings. The molecule has 3 heterocycles. The number of piperazine rings is 1. The van der Waals surface area contributed by atoms with Crippen LogP contribution in [0.3, 0.4) is 0 Å². The first-order valence-corrected chi connectivity index (χ1v) is 8.20. The van der Waals surface area contributed by atoms with Gasteiger partial charge in [-0.3, -0.25) is 9.69 Å². The minimum Gasteiger partial charge on any atom is -0.377 e. The van der Waals surface area contributed by atoms with Crippen LogP contribution in [0.1, 0.15) is 32.1 Å². The molecule has 1 N–H and O–H groups in total. The van der Waals surface area contributed by atoms with Crippen molar-refractivity contribution in [2.75, 3.05) is 45.9 Å². The summed E-state index contributed by atoms with van der Waals surface area (Å²) < 4.78 is 5.84. The van der Waals surface area contributed by atoms with E-state index in [0.29, 0.717) is 12.0 Å². The average Bonchev–Trinajstić information content (AvgIpc) is 2.96. The van der Waals surface area contributed by atoms with Crippen LogP contribution >= 0.6 is 0 Å². The lowest BCUT2D eigenvalue weighted by molar-refractivity contribution is -0.137. The number of hydrogen-bond acceptors (Lipinski definition) is 4. The first kappa shape index (κ1) is 14.3. The van der Waals surface area contributed by atoms with E-state index in [1.807, 2.05) is 4.90 Å². The number of hydrogen-bond donors (Lipinski definition) is 1. The maximum atomic E-state index is 12.7. The molecule has 3 rings (SSSR count). The fourth-order valence-corrected chi connectivity index (χ4v) is 3.63. The lowest BCUT2D eigenvalue weighted by Crippen LogP contribution is -2.53. The number of nitrogens with zero attached hydrogens (tertiary/aromatic N) is 2. The summed E-state index contributed by atoms with van der Waals surface area (Å²) in [7, 11) is 0. The number of amides is 1. The SMILES string of the molecule is O=C(C1CCCN1CC1CCCCO1)N1CCNCC1. The Bertz CT molecular complexity index is 325. The Balaban J connectivity index is 1.55. The van der Waals surface area contributed by atoms with E-state index < -0.39 is 0 Å². The lowest BCUT2D eigenvalue weighted by Gasteiger charge is -2.34. The fraction of sp³-hybridized carbons (Fsp3) is 0.933. The summed E-state index contributed by atoms with van der Waals surface area (Å²) in [6, 6.07) is 0.110. The second kappa shape index (κ2) is 6.87. The Morgan fingerprint density at radius 3 is 2.70 bits per heavy atom. The molecule has 3 saturated heterocycles. The van der Waals surface area contributed by atoms with Crippen molar-refractivity contribution in [3.63, 3.8) is 0 Å². The van der Waals surface area contributed by atoms with Gasteiger partial charge in [0.25, 0.3) is 0 Å². The van der Waals surface area contributed by atoms with Gasteiger partial charge in [-0.2, -0.15) is 0 Å². The van der Waals surface area contributed by atoms with Crippen molar-refractivity contribution >= 4 is 5.91 Å². The molecule has 2 unspecified atom stereocenters. The third kappa shape index (κ3) is 3.32. The van der Waals surface area contributed by atoms with Crippen LogP contribution in [0.25, 0.3) is 0 Å². The van der Waals surface area contributed by atoms with Crippen LogP contribution < -0.4 is 5.32 Å². The van der Waals surface area contributed by atoms with Gasteiger partial charge in [-0.15, -0.1) is 0 Å². The van der Waals surface area contributed by atoms with Crippen LogP contribution in [0.2, 0.25) is 0 Å². The third-order valence-corrected chi connectivity index (χ3v) is 4.79. The van der Waals surface area contributed by atoms with Crippen LogP contribution in [-0.2, 0) is 9.53 Å². The van der Waals surface area contributed by atoms with Gasteiger partial charge in [-0.05, 0) is 38.6 Å². The molecule has 3 aliphatic heterocycles. The molecule has 3 fully saturated rings. The molecule has 20 heavy (non-hydrogen) atoms. The molecule has 2 atom stereocenters. The van der Waals surface area contributed by atoms with Crippen LogP contribution in [-0.4, -0.2) is 73.7 Å². The highest BCUT2D eigenvalue weighted by molar-refractivity contribution is 5.82. The number of ether oxygens (including phenoxy) is 1. The quantitative estimate of drug-likeness (QED) is 0.816. The van der Waals surface area contributed by atoms with Crippen LogP contribution in [0.15, 0.2) is 0 Å². The molecule has 0 spiro atoms. The molecular weight excluding hydrogens is 254 g/mol. The van der Waals surface area contributed by atoms with Crippen molar-refractivity contribution in [2.45, 2.75) is 44.2 Å². The van der Waals surface area contributed by atoms with E-state index in [2.05, 4.69) is 10.2 Å². The summed E-state index contributed by atoms with van der Waals surface area (Å²) in [5.41, 5.74) is 0. The van der Waals surface area contributed by atoms with Gasteiger partial charge in [0, 0.05) is 39.3 Å². The van der Waals surface area contributed by atoms with Gasteiger partial charge < -0.3 is 15.0 Å². The molecule has 5 nitrogen and oxygen atoms in total. The molecule has 1 amide bonds. The topological polar surface area (TPSA) is 44.8 Å². The van der Waals surface area contributed by atoms with E-state index in [4.69, 9.17) is 4.74 Å². The monoisotopic (exact) mass is 281 g/mol. The second-order valence-corrected chi connectivity index (χ2v) is 6.22. The number of carbonyl (C=O) groups is 1. The van der Waals surface area contributed by atoms with Crippen molar-refractivity contribution in [3.05, 3.63) is 0 Å². The number of carbonyl (C=O) groups excluding carboxylic acids is 1. The molecule has 3 aliphatic rings. The van der Waals surface area contributed by atoms with Gasteiger partial charge in [-0.1, -0.05) is 0 Å². The maximum absolute atomic E-state index is 12.7. The van der Waals surface area contributed by atoms with Gasteiger partial charge in [0.05, 0.1) is 12.1 Å². The zero-order valence-corrected chi connectivity index (χ0v) is 12.4. The molecule has 0 aromatic heterocycles.